The Hall–Kier alpha value is -2.62. The molecule has 4 nitrogen and oxygen atoms in total. The number of pyridine rings is 1. The van der Waals surface area contributed by atoms with Crippen molar-refractivity contribution >= 4 is 11.3 Å². The van der Waals surface area contributed by atoms with Crippen LogP contribution in [0.4, 0.5) is 5.69 Å². The zero-order valence-electron chi connectivity index (χ0n) is 13.2. The van der Waals surface area contributed by atoms with E-state index in [0.717, 1.165) is 17.1 Å². The molecule has 1 aliphatic rings. The molecule has 2 heterocycles. The zero-order valence-corrected chi connectivity index (χ0v) is 13.2. The van der Waals surface area contributed by atoms with Gasteiger partial charge in [-0.05, 0) is 61.6 Å². The highest BCUT2D eigenvalue weighted by molar-refractivity contribution is 5.50. The van der Waals surface area contributed by atoms with Crippen LogP contribution in [0.5, 0.6) is 0 Å². The maximum absolute atomic E-state index is 12.3. The Kier molecular flexibility index (Phi) is 3.37. The molecule has 0 spiro atoms. The van der Waals surface area contributed by atoms with Gasteiger partial charge in [0.2, 0.25) is 0 Å². The molecule has 2 aromatic heterocycles. The summed E-state index contributed by atoms with van der Waals surface area (Å²) in [6.45, 7) is 2.47. The fourth-order valence-corrected chi connectivity index (χ4v) is 3.33. The lowest BCUT2D eigenvalue weighted by Gasteiger charge is -2.10. The van der Waals surface area contributed by atoms with Gasteiger partial charge in [0.25, 0.3) is 5.56 Å². The number of aryl methyl sites for hydroxylation is 3. The highest BCUT2D eigenvalue weighted by Crippen LogP contribution is 2.25. The summed E-state index contributed by atoms with van der Waals surface area (Å²) in [6.07, 6.45) is 3.61. The maximum Gasteiger partial charge on any atom is 0.258 e. The molecule has 1 aliphatic carbocycles. The molecule has 0 aliphatic heterocycles. The second-order valence-corrected chi connectivity index (χ2v) is 6.14. The van der Waals surface area contributed by atoms with Gasteiger partial charge in [-0.1, -0.05) is 12.1 Å². The van der Waals surface area contributed by atoms with Gasteiger partial charge in [-0.25, -0.2) is 4.98 Å². The SMILES string of the molecule is Cc1cccc2nc(CNc3ccc4c(c3)CCC4)cc(=O)n12. The summed E-state index contributed by atoms with van der Waals surface area (Å²) in [5.41, 5.74) is 6.34. The minimum Gasteiger partial charge on any atom is -0.379 e. The Balaban J connectivity index is 1.60. The highest BCUT2D eigenvalue weighted by Gasteiger charge is 2.11. The molecule has 0 saturated carbocycles. The summed E-state index contributed by atoms with van der Waals surface area (Å²) in [5, 5.41) is 3.39. The molecule has 4 heteroatoms. The summed E-state index contributed by atoms with van der Waals surface area (Å²) in [5.74, 6) is 0. The van der Waals surface area contributed by atoms with Crippen LogP contribution in [0, 0.1) is 6.92 Å². The Morgan fingerprint density at radius 3 is 2.91 bits per heavy atom. The Morgan fingerprint density at radius 1 is 1.13 bits per heavy atom. The van der Waals surface area contributed by atoms with E-state index < -0.39 is 0 Å². The third-order valence-electron chi connectivity index (χ3n) is 4.51. The quantitative estimate of drug-likeness (QED) is 0.809. The molecule has 0 saturated heterocycles. The second kappa shape index (κ2) is 5.54. The predicted octanol–water partition coefficient (Wildman–Crippen LogP) is 3.10. The Labute approximate surface area is 134 Å². The van der Waals surface area contributed by atoms with Crippen molar-refractivity contribution in [2.24, 2.45) is 0 Å². The zero-order chi connectivity index (χ0) is 15.8. The molecule has 1 N–H and O–H groups in total. The molecule has 116 valence electrons. The summed E-state index contributed by atoms with van der Waals surface area (Å²) in [7, 11) is 0. The van der Waals surface area contributed by atoms with Crippen molar-refractivity contribution in [3.8, 4) is 0 Å². The third-order valence-corrected chi connectivity index (χ3v) is 4.51. The number of nitrogens with zero attached hydrogens (tertiary/aromatic N) is 2. The van der Waals surface area contributed by atoms with E-state index in [4.69, 9.17) is 0 Å². The van der Waals surface area contributed by atoms with Crippen molar-refractivity contribution in [3.63, 3.8) is 0 Å². The number of benzene rings is 1. The van der Waals surface area contributed by atoms with E-state index in [1.807, 2.05) is 25.1 Å². The van der Waals surface area contributed by atoms with Crippen LogP contribution in [-0.2, 0) is 19.4 Å². The molecule has 1 aromatic carbocycles. The average molecular weight is 305 g/mol. The van der Waals surface area contributed by atoms with Crippen molar-refractivity contribution in [1.29, 1.82) is 0 Å². The van der Waals surface area contributed by atoms with Crippen molar-refractivity contribution in [1.82, 2.24) is 9.38 Å². The molecule has 23 heavy (non-hydrogen) atoms. The number of hydrogen-bond acceptors (Lipinski definition) is 3. The lowest BCUT2D eigenvalue weighted by molar-refractivity contribution is 0.911. The van der Waals surface area contributed by atoms with E-state index in [-0.39, 0.29) is 5.56 Å². The summed E-state index contributed by atoms with van der Waals surface area (Å²) in [4.78, 5) is 16.9. The number of anilines is 1. The largest absolute Gasteiger partial charge is 0.379 e. The number of rotatable bonds is 3. The lowest BCUT2D eigenvalue weighted by atomic mass is 10.1. The first-order chi connectivity index (χ1) is 11.2. The smallest absolute Gasteiger partial charge is 0.258 e. The van der Waals surface area contributed by atoms with Crippen molar-refractivity contribution in [2.45, 2.75) is 32.7 Å². The molecular weight excluding hydrogens is 286 g/mol. The van der Waals surface area contributed by atoms with E-state index in [1.54, 1.807) is 10.5 Å². The first kappa shape index (κ1) is 14.0. The normalized spacial score (nSPS) is 13.3. The minimum absolute atomic E-state index is 0.0288. The van der Waals surface area contributed by atoms with Crippen LogP contribution in [0.15, 0.2) is 47.3 Å². The van der Waals surface area contributed by atoms with Crippen LogP contribution in [0.2, 0.25) is 0 Å². The molecule has 0 unspecified atom stereocenters. The first-order valence-electron chi connectivity index (χ1n) is 8.05. The van der Waals surface area contributed by atoms with Gasteiger partial charge >= 0.3 is 0 Å². The molecule has 0 bridgehead atoms. The van der Waals surface area contributed by atoms with Crippen molar-refractivity contribution in [2.75, 3.05) is 5.32 Å². The summed E-state index contributed by atoms with van der Waals surface area (Å²) in [6, 6.07) is 13.9. The first-order valence-corrected chi connectivity index (χ1v) is 8.05. The summed E-state index contributed by atoms with van der Waals surface area (Å²) >= 11 is 0. The number of hydrogen-bond donors (Lipinski definition) is 1. The van der Waals surface area contributed by atoms with Crippen LogP contribution >= 0.6 is 0 Å². The minimum atomic E-state index is -0.0288. The highest BCUT2D eigenvalue weighted by atomic mass is 16.1. The molecule has 0 amide bonds. The van der Waals surface area contributed by atoms with Gasteiger partial charge in [-0.15, -0.1) is 0 Å². The van der Waals surface area contributed by atoms with Gasteiger partial charge < -0.3 is 5.32 Å². The molecule has 4 rings (SSSR count). The molecule has 0 atom stereocenters. The van der Waals surface area contributed by atoms with E-state index in [9.17, 15) is 4.79 Å². The van der Waals surface area contributed by atoms with Gasteiger partial charge in [-0.3, -0.25) is 9.20 Å². The van der Waals surface area contributed by atoms with Crippen LogP contribution in [0.1, 0.15) is 28.9 Å². The van der Waals surface area contributed by atoms with E-state index in [2.05, 4.69) is 28.5 Å². The lowest BCUT2D eigenvalue weighted by Crippen LogP contribution is -2.18. The monoisotopic (exact) mass is 305 g/mol. The van der Waals surface area contributed by atoms with Crippen molar-refractivity contribution < 1.29 is 0 Å². The van der Waals surface area contributed by atoms with Gasteiger partial charge in [0.15, 0.2) is 0 Å². The molecule has 0 fully saturated rings. The maximum atomic E-state index is 12.3. The fourth-order valence-electron chi connectivity index (χ4n) is 3.33. The topological polar surface area (TPSA) is 46.4 Å². The van der Waals surface area contributed by atoms with E-state index >= 15 is 0 Å². The number of aromatic nitrogens is 2. The van der Waals surface area contributed by atoms with E-state index in [1.165, 1.54) is 30.4 Å². The van der Waals surface area contributed by atoms with Gasteiger partial charge in [-0.2, -0.15) is 0 Å². The summed E-state index contributed by atoms with van der Waals surface area (Å²) < 4.78 is 1.64. The van der Waals surface area contributed by atoms with Crippen LogP contribution < -0.4 is 10.9 Å². The fraction of sp³-hybridized carbons (Fsp3) is 0.263. The number of fused-ring (bicyclic) bond motifs is 2. The Bertz CT molecular complexity index is 943. The van der Waals surface area contributed by atoms with Crippen LogP contribution in [0.25, 0.3) is 5.65 Å². The molecule has 3 aromatic rings. The van der Waals surface area contributed by atoms with Crippen LogP contribution in [0.3, 0.4) is 0 Å². The van der Waals surface area contributed by atoms with Crippen molar-refractivity contribution in [3.05, 3.63) is 75.3 Å². The standard InChI is InChI=1S/C19H19N3O/c1-13-4-2-7-18-21-17(11-19(23)22(13)18)12-20-16-9-8-14-5-3-6-15(14)10-16/h2,4,7-11,20H,3,5-6,12H2,1H3. The molecular formula is C19H19N3O. The third kappa shape index (κ3) is 2.61. The Morgan fingerprint density at radius 2 is 2.00 bits per heavy atom. The van der Waals surface area contributed by atoms with Gasteiger partial charge in [0, 0.05) is 17.4 Å². The second-order valence-electron chi connectivity index (χ2n) is 6.14. The van der Waals surface area contributed by atoms with Crippen LogP contribution in [-0.4, -0.2) is 9.38 Å². The van der Waals surface area contributed by atoms with Gasteiger partial charge in [0.05, 0.1) is 12.2 Å². The number of nitrogens with one attached hydrogen (secondary N) is 1. The average Bonchev–Trinajstić information content (AvgIpc) is 3.00. The van der Waals surface area contributed by atoms with Gasteiger partial charge in [0.1, 0.15) is 5.65 Å². The molecule has 0 radical (unpaired) electrons. The van der Waals surface area contributed by atoms with E-state index in [0.29, 0.717) is 12.2 Å². The predicted molar refractivity (Wildman–Crippen MR) is 92.0 cm³/mol.